The van der Waals surface area contributed by atoms with Crippen molar-refractivity contribution in [1.82, 2.24) is 9.13 Å². The highest BCUT2D eigenvalue weighted by atomic mass is 15.3. The maximum Gasteiger partial charge on any atom is 0.227 e. The minimum absolute atomic E-state index is 0.889. The molecule has 1 aromatic heterocycles. The highest BCUT2D eigenvalue weighted by Gasteiger charge is 2.11. The van der Waals surface area contributed by atoms with E-state index in [0.29, 0.717) is 0 Å². The van der Waals surface area contributed by atoms with Crippen molar-refractivity contribution in [3.63, 3.8) is 0 Å². The molecule has 0 saturated carbocycles. The van der Waals surface area contributed by atoms with E-state index in [1.807, 2.05) is 14.1 Å². The maximum absolute atomic E-state index is 4.60. The number of para-hydroxylation sites is 2. The van der Waals surface area contributed by atoms with Crippen LogP contribution in [0.15, 0.2) is 53.6 Å². The van der Waals surface area contributed by atoms with Gasteiger partial charge < -0.3 is 14.0 Å². The zero-order valence-corrected chi connectivity index (χ0v) is 14.2. The number of imidazole rings is 1. The smallest absolute Gasteiger partial charge is 0.227 e. The van der Waals surface area contributed by atoms with E-state index < -0.39 is 0 Å². The number of aryl methyl sites for hydroxylation is 2. The standard InChI is InChI=1S/C19H23N5/c1-22-17-7-3-4-8-18(17)23(2)19(22)21-20-15-9-11-16(12-10-15)24-13-5-6-14-24/h3-4,7-12,20H,5-6,13-14H2,1-2H3. The van der Waals surface area contributed by atoms with E-state index in [-0.39, 0.29) is 0 Å². The van der Waals surface area contributed by atoms with Crippen LogP contribution in [0.2, 0.25) is 0 Å². The summed E-state index contributed by atoms with van der Waals surface area (Å²) in [6, 6.07) is 16.9. The molecule has 0 spiro atoms. The van der Waals surface area contributed by atoms with Crippen LogP contribution in [0.4, 0.5) is 11.4 Å². The number of anilines is 2. The zero-order chi connectivity index (χ0) is 16.5. The average molecular weight is 321 g/mol. The van der Waals surface area contributed by atoms with Gasteiger partial charge in [-0.05, 0) is 49.2 Å². The lowest BCUT2D eigenvalue weighted by molar-refractivity contribution is 0.754. The third kappa shape index (κ3) is 2.56. The van der Waals surface area contributed by atoms with Gasteiger partial charge in [0.1, 0.15) is 0 Å². The number of nitrogens with one attached hydrogen (secondary N) is 1. The second kappa shape index (κ2) is 6.07. The molecule has 1 N–H and O–H groups in total. The Balaban J connectivity index is 1.61. The first-order chi connectivity index (χ1) is 11.7. The van der Waals surface area contributed by atoms with Crippen LogP contribution in [0, 0.1) is 0 Å². The van der Waals surface area contributed by atoms with E-state index in [4.69, 9.17) is 0 Å². The molecule has 3 aromatic rings. The minimum atomic E-state index is 0.889. The summed E-state index contributed by atoms with van der Waals surface area (Å²) in [4.78, 5) is 2.44. The Kier molecular flexibility index (Phi) is 3.76. The fraction of sp³-hybridized carbons (Fsp3) is 0.316. The van der Waals surface area contributed by atoms with Gasteiger partial charge in [0.2, 0.25) is 5.62 Å². The molecule has 2 heterocycles. The largest absolute Gasteiger partial charge is 0.372 e. The van der Waals surface area contributed by atoms with E-state index in [9.17, 15) is 0 Å². The first kappa shape index (κ1) is 14.9. The van der Waals surface area contributed by atoms with Gasteiger partial charge in [-0.25, -0.2) is 0 Å². The highest BCUT2D eigenvalue weighted by molar-refractivity contribution is 5.75. The van der Waals surface area contributed by atoms with Crippen LogP contribution in [-0.2, 0) is 14.1 Å². The van der Waals surface area contributed by atoms with Crippen LogP contribution in [-0.4, -0.2) is 22.2 Å². The topological polar surface area (TPSA) is 37.5 Å². The molecule has 0 atom stereocenters. The quantitative estimate of drug-likeness (QED) is 0.753. The highest BCUT2D eigenvalue weighted by Crippen LogP contribution is 2.22. The summed E-state index contributed by atoms with van der Waals surface area (Å²) in [6.07, 6.45) is 2.60. The molecule has 0 bridgehead atoms. The van der Waals surface area contributed by atoms with E-state index in [2.05, 4.69) is 73.1 Å². The van der Waals surface area contributed by atoms with E-state index in [0.717, 1.165) is 11.3 Å². The van der Waals surface area contributed by atoms with Gasteiger partial charge in [0, 0.05) is 32.9 Å². The molecule has 124 valence electrons. The molecule has 0 amide bonds. The van der Waals surface area contributed by atoms with Crippen molar-refractivity contribution in [2.45, 2.75) is 12.8 Å². The number of nitrogens with zero attached hydrogens (tertiary/aromatic N) is 4. The van der Waals surface area contributed by atoms with Crippen molar-refractivity contribution in [3.8, 4) is 0 Å². The van der Waals surface area contributed by atoms with Gasteiger partial charge in [0.05, 0.1) is 16.7 Å². The van der Waals surface area contributed by atoms with Gasteiger partial charge in [-0.1, -0.05) is 12.1 Å². The van der Waals surface area contributed by atoms with Crippen molar-refractivity contribution >= 4 is 22.4 Å². The van der Waals surface area contributed by atoms with Gasteiger partial charge in [0.25, 0.3) is 0 Å². The van der Waals surface area contributed by atoms with Crippen LogP contribution >= 0.6 is 0 Å². The lowest BCUT2D eigenvalue weighted by Crippen LogP contribution is -2.23. The third-order valence-corrected chi connectivity index (χ3v) is 4.83. The number of hydrogen-bond acceptors (Lipinski definition) is 3. The van der Waals surface area contributed by atoms with E-state index in [1.54, 1.807) is 0 Å². The Morgan fingerprint density at radius 1 is 0.833 bits per heavy atom. The van der Waals surface area contributed by atoms with Crippen LogP contribution in [0.3, 0.4) is 0 Å². The number of rotatable bonds is 3. The summed E-state index contributed by atoms with van der Waals surface area (Å²) < 4.78 is 4.20. The van der Waals surface area contributed by atoms with Crippen LogP contribution in [0.1, 0.15) is 12.8 Å². The summed E-state index contributed by atoms with van der Waals surface area (Å²) >= 11 is 0. The fourth-order valence-corrected chi connectivity index (χ4v) is 3.46. The molecule has 1 aliphatic rings. The van der Waals surface area contributed by atoms with Crippen LogP contribution < -0.4 is 15.9 Å². The molecular formula is C19H23N5. The third-order valence-electron chi connectivity index (χ3n) is 4.83. The van der Waals surface area contributed by atoms with Crippen molar-refractivity contribution in [3.05, 3.63) is 54.1 Å². The van der Waals surface area contributed by atoms with E-state index in [1.165, 1.54) is 42.7 Å². The molecule has 1 fully saturated rings. The lowest BCUT2D eigenvalue weighted by Gasteiger charge is -2.17. The molecule has 1 saturated heterocycles. The Labute approximate surface area is 141 Å². The first-order valence-corrected chi connectivity index (χ1v) is 8.49. The van der Waals surface area contributed by atoms with Crippen molar-refractivity contribution in [1.29, 1.82) is 0 Å². The van der Waals surface area contributed by atoms with Crippen molar-refractivity contribution in [2.75, 3.05) is 23.4 Å². The van der Waals surface area contributed by atoms with Gasteiger partial charge in [-0.2, -0.15) is 0 Å². The first-order valence-electron chi connectivity index (χ1n) is 8.49. The zero-order valence-electron chi connectivity index (χ0n) is 14.2. The molecular weight excluding hydrogens is 298 g/mol. The second-order valence-electron chi connectivity index (χ2n) is 6.37. The average Bonchev–Trinajstić information content (AvgIpc) is 3.23. The minimum Gasteiger partial charge on any atom is -0.372 e. The number of fused-ring (bicyclic) bond motifs is 1. The summed E-state index contributed by atoms with van der Waals surface area (Å²) in [5.74, 6) is 0. The number of aromatic nitrogens is 2. The summed E-state index contributed by atoms with van der Waals surface area (Å²) in [5.41, 5.74) is 8.72. The van der Waals surface area contributed by atoms with Crippen molar-refractivity contribution in [2.24, 2.45) is 19.2 Å². The predicted molar refractivity (Wildman–Crippen MR) is 99.0 cm³/mol. The van der Waals surface area contributed by atoms with Crippen LogP contribution in [0.5, 0.6) is 0 Å². The van der Waals surface area contributed by atoms with Gasteiger partial charge in [-0.15, -0.1) is 5.10 Å². The van der Waals surface area contributed by atoms with Gasteiger partial charge in [0.15, 0.2) is 0 Å². The summed E-state index contributed by atoms with van der Waals surface area (Å²) in [7, 11) is 4.08. The Morgan fingerprint density at radius 3 is 2.00 bits per heavy atom. The Bertz CT molecular complexity index is 869. The number of hydrogen-bond donors (Lipinski definition) is 1. The van der Waals surface area contributed by atoms with Gasteiger partial charge >= 0.3 is 0 Å². The number of benzene rings is 2. The van der Waals surface area contributed by atoms with Gasteiger partial charge in [-0.3, -0.25) is 5.43 Å². The fourth-order valence-electron chi connectivity index (χ4n) is 3.46. The summed E-state index contributed by atoms with van der Waals surface area (Å²) in [5, 5.41) is 4.60. The Morgan fingerprint density at radius 2 is 1.42 bits per heavy atom. The molecule has 0 aliphatic carbocycles. The van der Waals surface area contributed by atoms with Crippen molar-refractivity contribution < 1.29 is 0 Å². The lowest BCUT2D eigenvalue weighted by atomic mass is 10.2. The molecule has 5 nitrogen and oxygen atoms in total. The molecule has 1 aliphatic heterocycles. The van der Waals surface area contributed by atoms with Crippen LogP contribution in [0.25, 0.3) is 11.0 Å². The molecule has 24 heavy (non-hydrogen) atoms. The summed E-state index contributed by atoms with van der Waals surface area (Å²) in [6.45, 7) is 2.34. The second-order valence-corrected chi connectivity index (χ2v) is 6.37. The maximum atomic E-state index is 4.60. The molecule has 0 radical (unpaired) electrons. The molecule has 0 unspecified atom stereocenters. The normalized spacial score (nSPS) is 14.3. The monoisotopic (exact) mass is 321 g/mol. The molecule has 5 heteroatoms. The SMILES string of the molecule is Cn1c(=NNc2ccc(N3CCCC3)cc2)n(C)c2ccccc21. The molecule has 4 rings (SSSR count). The molecule has 2 aromatic carbocycles. The van der Waals surface area contributed by atoms with E-state index >= 15 is 0 Å². The Hall–Kier alpha value is -2.69. The predicted octanol–water partition coefficient (Wildman–Crippen LogP) is 3.04.